The second kappa shape index (κ2) is 7.61. The summed E-state index contributed by atoms with van der Waals surface area (Å²) in [5.41, 5.74) is 4.11. The molecule has 0 bridgehead atoms. The number of hydrogen-bond acceptors (Lipinski definition) is 3. The van der Waals surface area contributed by atoms with E-state index in [0.717, 1.165) is 22.3 Å². The number of nitrogens with one attached hydrogen (secondary N) is 2. The summed E-state index contributed by atoms with van der Waals surface area (Å²) in [5, 5.41) is 5.54. The Balaban J connectivity index is 1.62. The smallest absolute Gasteiger partial charge is 0.315 e. The molecule has 6 nitrogen and oxygen atoms in total. The predicted octanol–water partition coefficient (Wildman–Crippen LogP) is 2.47. The fourth-order valence-electron chi connectivity index (χ4n) is 2.45. The first-order valence-electron chi connectivity index (χ1n) is 7.80. The molecule has 0 aliphatic heterocycles. The summed E-state index contributed by atoms with van der Waals surface area (Å²) in [5.74, 6) is 0. The molecule has 0 atom stereocenters. The molecule has 2 amide bonds. The summed E-state index contributed by atoms with van der Waals surface area (Å²) >= 11 is 0. The maximum absolute atomic E-state index is 11.6. The van der Waals surface area contributed by atoms with E-state index in [0.29, 0.717) is 19.7 Å². The highest BCUT2D eigenvalue weighted by Gasteiger charge is 2.04. The number of imidazole rings is 1. The van der Waals surface area contributed by atoms with Crippen molar-refractivity contribution in [1.82, 2.24) is 20.2 Å². The molecule has 124 valence electrons. The van der Waals surface area contributed by atoms with Crippen LogP contribution in [0.25, 0.3) is 16.7 Å². The molecule has 0 fully saturated rings. The van der Waals surface area contributed by atoms with E-state index in [9.17, 15) is 4.79 Å². The molecule has 0 radical (unpaired) electrons. The first-order chi connectivity index (χ1) is 11.8. The van der Waals surface area contributed by atoms with Gasteiger partial charge < -0.3 is 15.4 Å². The van der Waals surface area contributed by atoms with Crippen molar-refractivity contribution in [1.29, 1.82) is 0 Å². The van der Waals surface area contributed by atoms with Crippen molar-refractivity contribution in [2.24, 2.45) is 0 Å². The zero-order valence-corrected chi connectivity index (χ0v) is 13.5. The van der Waals surface area contributed by atoms with Crippen molar-refractivity contribution in [2.75, 3.05) is 20.3 Å². The molecule has 2 N–H and O–H groups in total. The summed E-state index contributed by atoms with van der Waals surface area (Å²) in [6.45, 7) is 1.47. The summed E-state index contributed by atoms with van der Waals surface area (Å²) in [6.07, 6.45) is 1.82. The van der Waals surface area contributed by atoms with Crippen LogP contribution in [0.4, 0.5) is 4.79 Å². The number of carbonyl (C=O) groups is 1. The molecule has 2 aromatic carbocycles. The summed E-state index contributed by atoms with van der Waals surface area (Å²) < 4.78 is 6.93. The molecule has 0 saturated heterocycles. The summed E-state index contributed by atoms with van der Waals surface area (Å²) in [7, 11) is 1.60. The Morgan fingerprint density at radius 1 is 1.12 bits per heavy atom. The first kappa shape index (κ1) is 16.0. The van der Waals surface area contributed by atoms with Crippen LogP contribution in [0.2, 0.25) is 0 Å². The molecule has 1 heterocycles. The van der Waals surface area contributed by atoms with E-state index in [-0.39, 0.29) is 6.03 Å². The second-order valence-electron chi connectivity index (χ2n) is 5.37. The topological polar surface area (TPSA) is 68.2 Å². The summed E-state index contributed by atoms with van der Waals surface area (Å²) in [4.78, 5) is 16.0. The lowest BCUT2D eigenvalue weighted by molar-refractivity contribution is 0.196. The molecule has 3 rings (SSSR count). The molecular formula is C18H20N4O2. The lowest BCUT2D eigenvalue weighted by Crippen LogP contribution is -2.36. The van der Waals surface area contributed by atoms with Crippen LogP contribution in [0.3, 0.4) is 0 Å². The maximum atomic E-state index is 11.6. The van der Waals surface area contributed by atoms with Gasteiger partial charge in [0.15, 0.2) is 0 Å². The van der Waals surface area contributed by atoms with Crippen LogP contribution in [0.5, 0.6) is 0 Å². The van der Waals surface area contributed by atoms with Crippen LogP contribution in [0, 0.1) is 0 Å². The van der Waals surface area contributed by atoms with E-state index in [4.69, 9.17) is 4.74 Å². The standard InChI is InChI=1S/C18H20N4O2/c1-24-11-10-19-18(23)20-12-14-6-8-15(9-7-14)22-13-21-16-4-2-3-5-17(16)22/h2-9,13H,10-12H2,1H3,(H2,19,20,23). The number of benzene rings is 2. The van der Waals surface area contributed by atoms with Gasteiger partial charge in [-0.3, -0.25) is 4.57 Å². The lowest BCUT2D eigenvalue weighted by atomic mass is 10.2. The van der Waals surface area contributed by atoms with Crippen LogP contribution >= 0.6 is 0 Å². The Labute approximate surface area is 140 Å². The third-order valence-electron chi connectivity index (χ3n) is 3.71. The van der Waals surface area contributed by atoms with E-state index >= 15 is 0 Å². The molecule has 1 aromatic heterocycles. The minimum atomic E-state index is -0.197. The fourth-order valence-corrected chi connectivity index (χ4v) is 2.45. The van der Waals surface area contributed by atoms with Crippen molar-refractivity contribution >= 4 is 17.1 Å². The second-order valence-corrected chi connectivity index (χ2v) is 5.37. The van der Waals surface area contributed by atoms with E-state index in [2.05, 4.69) is 15.6 Å². The average molecular weight is 324 g/mol. The molecule has 0 aliphatic rings. The van der Waals surface area contributed by atoms with Gasteiger partial charge in [0.25, 0.3) is 0 Å². The minimum absolute atomic E-state index is 0.197. The van der Waals surface area contributed by atoms with Crippen LogP contribution in [0.15, 0.2) is 54.9 Å². The van der Waals surface area contributed by atoms with Gasteiger partial charge in [-0.25, -0.2) is 9.78 Å². The fraction of sp³-hybridized carbons (Fsp3) is 0.222. The quantitative estimate of drug-likeness (QED) is 0.685. The molecule has 0 aliphatic carbocycles. The summed E-state index contributed by atoms with van der Waals surface area (Å²) in [6, 6.07) is 15.9. The van der Waals surface area contributed by atoms with Gasteiger partial charge in [0.1, 0.15) is 6.33 Å². The highest BCUT2D eigenvalue weighted by atomic mass is 16.5. The average Bonchev–Trinajstić information content (AvgIpc) is 3.05. The highest BCUT2D eigenvalue weighted by molar-refractivity contribution is 5.77. The third kappa shape index (κ3) is 3.72. The van der Waals surface area contributed by atoms with Gasteiger partial charge in [-0.2, -0.15) is 0 Å². The molecular weight excluding hydrogens is 304 g/mol. The molecule has 24 heavy (non-hydrogen) atoms. The van der Waals surface area contributed by atoms with Crippen LogP contribution in [-0.2, 0) is 11.3 Å². The van der Waals surface area contributed by atoms with Crippen LogP contribution in [0.1, 0.15) is 5.56 Å². The largest absolute Gasteiger partial charge is 0.383 e. The van der Waals surface area contributed by atoms with Gasteiger partial charge in [-0.05, 0) is 29.8 Å². The number of aromatic nitrogens is 2. The Morgan fingerprint density at radius 3 is 2.71 bits per heavy atom. The highest BCUT2D eigenvalue weighted by Crippen LogP contribution is 2.18. The Bertz CT molecular complexity index is 811. The lowest BCUT2D eigenvalue weighted by Gasteiger charge is -2.09. The van der Waals surface area contributed by atoms with E-state index in [1.54, 1.807) is 7.11 Å². The number of methoxy groups -OCH3 is 1. The molecule has 6 heteroatoms. The van der Waals surface area contributed by atoms with E-state index in [1.165, 1.54) is 0 Å². The first-order valence-corrected chi connectivity index (χ1v) is 7.80. The number of urea groups is 1. The van der Waals surface area contributed by atoms with Crippen molar-refractivity contribution in [3.05, 3.63) is 60.4 Å². The molecule has 0 unspecified atom stereocenters. The van der Waals surface area contributed by atoms with Crippen molar-refractivity contribution in [3.8, 4) is 5.69 Å². The SMILES string of the molecule is COCCNC(=O)NCc1ccc(-n2cnc3ccccc32)cc1. The van der Waals surface area contributed by atoms with E-state index < -0.39 is 0 Å². The van der Waals surface area contributed by atoms with Gasteiger partial charge in [0.2, 0.25) is 0 Å². The Hall–Kier alpha value is -2.86. The Morgan fingerprint density at radius 2 is 1.92 bits per heavy atom. The number of para-hydroxylation sites is 2. The van der Waals surface area contributed by atoms with Gasteiger partial charge in [0, 0.05) is 25.9 Å². The number of ether oxygens (including phenoxy) is 1. The third-order valence-corrected chi connectivity index (χ3v) is 3.71. The zero-order valence-electron chi connectivity index (χ0n) is 13.5. The van der Waals surface area contributed by atoms with Gasteiger partial charge >= 0.3 is 6.03 Å². The Kier molecular flexibility index (Phi) is 5.08. The van der Waals surface area contributed by atoms with Crippen molar-refractivity contribution < 1.29 is 9.53 Å². The zero-order chi connectivity index (χ0) is 16.8. The van der Waals surface area contributed by atoms with Crippen molar-refractivity contribution in [3.63, 3.8) is 0 Å². The number of rotatable bonds is 6. The van der Waals surface area contributed by atoms with Crippen LogP contribution in [-0.4, -0.2) is 35.8 Å². The number of nitrogens with zero attached hydrogens (tertiary/aromatic N) is 2. The molecule has 0 saturated carbocycles. The number of hydrogen-bond donors (Lipinski definition) is 2. The molecule has 3 aromatic rings. The minimum Gasteiger partial charge on any atom is -0.383 e. The predicted molar refractivity (Wildman–Crippen MR) is 93.2 cm³/mol. The van der Waals surface area contributed by atoms with Crippen LogP contribution < -0.4 is 10.6 Å². The number of fused-ring (bicyclic) bond motifs is 1. The normalized spacial score (nSPS) is 10.7. The van der Waals surface area contributed by atoms with Gasteiger partial charge in [0.05, 0.1) is 17.6 Å². The monoisotopic (exact) mass is 324 g/mol. The molecule has 0 spiro atoms. The maximum Gasteiger partial charge on any atom is 0.315 e. The number of carbonyl (C=O) groups excluding carboxylic acids is 1. The van der Waals surface area contributed by atoms with Crippen molar-refractivity contribution in [2.45, 2.75) is 6.54 Å². The van der Waals surface area contributed by atoms with Gasteiger partial charge in [-0.15, -0.1) is 0 Å². The van der Waals surface area contributed by atoms with Gasteiger partial charge in [-0.1, -0.05) is 24.3 Å². The number of amides is 2. The van der Waals surface area contributed by atoms with E-state index in [1.807, 2.05) is 59.4 Å².